The minimum atomic E-state index is -0.0988. The molecule has 0 saturated carbocycles. The predicted molar refractivity (Wildman–Crippen MR) is 72.7 cm³/mol. The molecule has 1 aliphatic heterocycles. The van der Waals surface area contributed by atoms with Gasteiger partial charge in [0.2, 0.25) is 0 Å². The van der Waals surface area contributed by atoms with Crippen molar-refractivity contribution in [1.82, 2.24) is 29.9 Å². The van der Waals surface area contributed by atoms with Gasteiger partial charge >= 0.3 is 6.01 Å². The molecule has 1 atom stereocenters. The highest BCUT2D eigenvalue weighted by atomic mass is 16.5. The second-order valence-electron chi connectivity index (χ2n) is 4.85. The molecule has 1 aliphatic rings. The lowest BCUT2D eigenvalue weighted by Crippen LogP contribution is -2.38. The summed E-state index contributed by atoms with van der Waals surface area (Å²) in [7, 11) is 1.48. The third-order valence-electron chi connectivity index (χ3n) is 3.54. The molecule has 2 aromatic heterocycles. The summed E-state index contributed by atoms with van der Waals surface area (Å²) in [4.78, 5) is 22.5. The molecular formula is C13H16N6O2. The monoisotopic (exact) mass is 288 g/mol. The smallest absolute Gasteiger partial charge is 0.316 e. The first kappa shape index (κ1) is 13.5. The molecule has 0 radical (unpaired) electrons. The van der Waals surface area contributed by atoms with Crippen molar-refractivity contribution < 1.29 is 9.53 Å². The van der Waals surface area contributed by atoms with Crippen LogP contribution in [0.4, 0.5) is 0 Å². The van der Waals surface area contributed by atoms with Gasteiger partial charge in [-0.05, 0) is 18.9 Å². The van der Waals surface area contributed by atoms with E-state index >= 15 is 0 Å². The van der Waals surface area contributed by atoms with Crippen molar-refractivity contribution >= 4 is 5.91 Å². The van der Waals surface area contributed by atoms with Crippen LogP contribution in [-0.4, -0.2) is 55.5 Å². The number of aromatic nitrogens is 5. The van der Waals surface area contributed by atoms with E-state index in [-0.39, 0.29) is 18.0 Å². The highest BCUT2D eigenvalue weighted by molar-refractivity contribution is 5.92. The molecular weight excluding hydrogens is 272 g/mol. The summed E-state index contributed by atoms with van der Waals surface area (Å²) in [5, 5.41) is 7.74. The van der Waals surface area contributed by atoms with E-state index in [2.05, 4.69) is 20.3 Å². The van der Waals surface area contributed by atoms with Crippen LogP contribution in [0.5, 0.6) is 6.01 Å². The molecule has 0 unspecified atom stereocenters. The van der Waals surface area contributed by atoms with Crippen LogP contribution < -0.4 is 4.74 Å². The molecule has 110 valence electrons. The van der Waals surface area contributed by atoms with Crippen LogP contribution in [0, 0.1) is 0 Å². The van der Waals surface area contributed by atoms with E-state index in [0.29, 0.717) is 12.2 Å². The Morgan fingerprint density at radius 2 is 2.38 bits per heavy atom. The van der Waals surface area contributed by atoms with Crippen molar-refractivity contribution in [3.63, 3.8) is 0 Å². The first-order valence-corrected chi connectivity index (χ1v) is 6.80. The fourth-order valence-corrected chi connectivity index (χ4v) is 2.54. The van der Waals surface area contributed by atoms with Crippen molar-refractivity contribution in [2.45, 2.75) is 25.4 Å². The van der Waals surface area contributed by atoms with E-state index in [1.54, 1.807) is 23.1 Å². The van der Waals surface area contributed by atoms with E-state index in [9.17, 15) is 4.79 Å². The number of nitrogens with zero attached hydrogens (tertiary/aromatic N) is 6. The quantitative estimate of drug-likeness (QED) is 0.808. The fraction of sp³-hybridized carbons (Fsp3) is 0.462. The minimum absolute atomic E-state index is 0.0988. The number of carbonyl (C=O) groups excluding carboxylic acids is 1. The average Bonchev–Trinajstić information content (AvgIpc) is 3.19. The Morgan fingerprint density at radius 3 is 3.14 bits per heavy atom. The van der Waals surface area contributed by atoms with Gasteiger partial charge in [-0.15, -0.1) is 5.10 Å². The summed E-state index contributed by atoms with van der Waals surface area (Å²) in [6.07, 6.45) is 6.90. The van der Waals surface area contributed by atoms with Gasteiger partial charge in [0.05, 0.1) is 25.9 Å². The summed E-state index contributed by atoms with van der Waals surface area (Å²) >= 11 is 0. The zero-order valence-corrected chi connectivity index (χ0v) is 11.7. The standard InChI is InChI=1S/C13H16N6O2/c1-21-13-14-5-4-11(16-13)12(20)19-7-2-3-10(19)9-18-8-6-15-17-18/h4-6,8,10H,2-3,7,9H2,1H3/t10-/m0/s1. The zero-order chi connectivity index (χ0) is 14.7. The molecule has 8 nitrogen and oxygen atoms in total. The third-order valence-corrected chi connectivity index (χ3v) is 3.54. The van der Waals surface area contributed by atoms with Crippen molar-refractivity contribution in [3.8, 4) is 6.01 Å². The number of ether oxygens (including phenoxy) is 1. The highest BCUT2D eigenvalue weighted by Gasteiger charge is 2.30. The summed E-state index contributed by atoms with van der Waals surface area (Å²) in [5.74, 6) is -0.0988. The lowest BCUT2D eigenvalue weighted by Gasteiger charge is -2.24. The number of methoxy groups -OCH3 is 1. The van der Waals surface area contributed by atoms with E-state index < -0.39 is 0 Å². The summed E-state index contributed by atoms with van der Waals surface area (Å²) in [6, 6.07) is 1.92. The highest BCUT2D eigenvalue weighted by Crippen LogP contribution is 2.21. The Hall–Kier alpha value is -2.51. The molecule has 3 heterocycles. The molecule has 21 heavy (non-hydrogen) atoms. The lowest BCUT2D eigenvalue weighted by molar-refractivity contribution is 0.0714. The van der Waals surface area contributed by atoms with Gasteiger partial charge in [0, 0.05) is 18.9 Å². The summed E-state index contributed by atoms with van der Waals surface area (Å²) in [6.45, 7) is 1.37. The number of carbonyl (C=O) groups is 1. The predicted octanol–water partition coefficient (Wildman–Crippen LogP) is 0.381. The van der Waals surface area contributed by atoms with E-state index in [1.165, 1.54) is 13.3 Å². The molecule has 0 bridgehead atoms. The Morgan fingerprint density at radius 1 is 1.48 bits per heavy atom. The van der Waals surface area contributed by atoms with Crippen LogP contribution in [-0.2, 0) is 6.54 Å². The van der Waals surface area contributed by atoms with Crippen molar-refractivity contribution in [2.24, 2.45) is 0 Å². The first-order valence-electron chi connectivity index (χ1n) is 6.80. The van der Waals surface area contributed by atoms with Crippen LogP contribution in [0.1, 0.15) is 23.3 Å². The van der Waals surface area contributed by atoms with Crippen LogP contribution >= 0.6 is 0 Å². The second-order valence-corrected chi connectivity index (χ2v) is 4.85. The molecule has 2 aromatic rings. The number of hydrogen-bond acceptors (Lipinski definition) is 6. The maximum Gasteiger partial charge on any atom is 0.316 e. The molecule has 0 N–H and O–H groups in total. The number of amides is 1. The molecule has 1 fully saturated rings. The Kier molecular flexibility index (Phi) is 3.76. The number of hydrogen-bond donors (Lipinski definition) is 0. The zero-order valence-electron chi connectivity index (χ0n) is 11.7. The van der Waals surface area contributed by atoms with Gasteiger partial charge in [0.15, 0.2) is 0 Å². The summed E-state index contributed by atoms with van der Waals surface area (Å²) in [5.41, 5.74) is 0.354. The molecule has 0 spiro atoms. The van der Waals surface area contributed by atoms with Crippen LogP contribution in [0.15, 0.2) is 24.7 Å². The largest absolute Gasteiger partial charge is 0.467 e. The van der Waals surface area contributed by atoms with Gasteiger partial charge in [-0.2, -0.15) is 4.98 Å². The topological polar surface area (TPSA) is 86.0 Å². The third kappa shape index (κ3) is 2.83. The average molecular weight is 288 g/mol. The molecule has 0 aliphatic carbocycles. The first-order chi connectivity index (χ1) is 10.3. The van der Waals surface area contributed by atoms with Crippen LogP contribution in [0.3, 0.4) is 0 Å². The Balaban J connectivity index is 1.76. The molecule has 1 saturated heterocycles. The van der Waals surface area contributed by atoms with Gasteiger partial charge in [-0.3, -0.25) is 9.48 Å². The normalized spacial score (nSPS) is 18.0. The van der Waals surface area contributed by atoms with E-state index in [1.807, 2.05) is 4.90 Å². The van der Waals surface area contributed by atoms with Crippen LogP contribution in [0.25, 0.3) is 0 Å². The SMILES string of the molecule is COc1nccc(C(=O)N2CCC[C@H]2Cn2ccnn2)n1. The van der Waals surface area contributed by atoms with Gasteiger partial charge in [-0.1, -0.05) is 5.21 Å². The number of rotatable bonds is 4. The molecule has 1 amide bonds. The second kappa shape index (κ2) is 5.86. The van der Waals surface area contributed by atoms with Crippen molar-refractivity contribution in [2.75, 3.05) is 13.7 Å². The number of likely N-dealkylation sites (tertiary alicyclic amines) is 1. The molecule has 0 aromatic carbocycles. The van der Waals surface area contributed by atoms with Gasteiger partial charge in [0.25, 0.3) is 5.91 Å². The van der Waals surface area contributed by atoms with E-state index in [4.69, 9.17) is 4.74 Å². The van der Waals surface area contributed by atoms with E-state index in [0.717, 1.165) is 19.4 Å². The Labute approximate surface area is 121 Å². The molecule has 8 heteroatoms. The molecule has 3 rings (SSSR count). The van der Waals surface area contributed by atoms with Crippen LogP contribution in [0.2, 0.25) is 0 Å². The van der Waals surface area contributed by atoms with Gasteiger partial charge in [0.1, 0.15) is 5.69 Å². The minimum Gasteiger partial charge on any atom is -0.467 e. The van der Waals surface area contributed by atoms with Crippen molar-refractivity contribution in [3.05, 3.63) is 30.4 Å². The van der Waals surface area contributed by atoms with Crippen molar-refractivity contribution in [1.29, 1.82) is 0 Å². The summed E-state index contributed by atoms with van der Waals surface area (Å²) < 4.78 is 6.71. The van der Waals surface area contributed by atoms with Gasteiger partial charge < -0.3 is 9.64 Å². The van der Waals surface area contributed by atoms with Gasteiger partial charge in [-0.25, -0.2) is 4.98 Å². The maximum atomic E-state index is 12.6. The lowest BCUT2D eigenvalue weighted by atomic mass is 10.2. The fourth-order valence-electron chi connectivity index (χ4n) is 2.54. The Bertz CT molecular complexity index is 615. The maximum absolute atomic E-state index is 12.6.